The largest absolute Gasteiger partial charge is 0.455 e. The molecule has 0 bridgehead atoms. The summed E-state index contributed by atoms with van der Waals surface area (Å²) in [5.74, 6) is 0. The smallest absolute Gasteiger partial charge is 0.0780 e. The predicted octanol–water partition coefficient (Wildman–Crippen LogP) is 0.946. The first-order valence-electron chi connectivity index (χ1n) is 3.00. The van der Waals surface area contributed by atoms with E-state index in [2.05, 4.69) is 7.05 Å². The van der Waals surface area contributed by atoms with Gasteiger partial charge in [-0.3, -0.25) is 7.05 Å². The molecule has 3 heteroatoms. The molecule has 0 aromatic rings. The van der Waals surface area contributed by atoms with Crippen molar-refractivity contribution in [2.45, 2.75) is 13.0 Å². The average Bonchev–Trinajstić information content (AvgIpc) is 1.64. The standard InChI is InChI=1S/C6H12NO.CH3.Y/c1-3-8-6-4-7(2)5-6;;/h6H,2-5H2,1H3;1H3;/q2*-1;. The maximum Gasteiger partial charge on any atom is 0.0780 e. The Bertz CT molecular complexity index is 71.3. The van der Waals surface area contributed by atoms with Gasteiger partial charge in [0, 0.05) is 39.3 Å². The summed E-state index contributed by atoms with van der Waals surface area (Å²) in [5.41, 5.74) is 0. The minimum atomic E-state index is 0. The molecule has 1 saturated heterocycles. The first-order chi connectivity index (χ1) is 3.83. The predicted molar refractivity (Wildman–Crippen MR) is 38.8 cm³/mol. The third-order valence-electron chi connectivity index (χ3n) is 1.33. The minimum absolute atomic E-state index is 0. The van der Waals surface area contributed by atoms with Gasteiger partial charge in [-0.2, -0.15) is 0 Å². The zero-order valence-electron chi connectivity index (χ0n) is 6.84. The van der Waals surface area contributed by atoms with Gasteiger partial charge < -0.3 is 17.1 Å². The van der Waals surface area contributed by atoms with Crippen LogP contribution in [0.2, 0.25) is 0 Å². The molecule has 0 atom stereocenters. The van der Waals surface area contributed by atoms with E-state index >= 15 is 0 Å². The number of likely N-dealkylation sites (tertiary alicyclic amines) is 1. The van der Waals surface area contributed by atoms with E-state index < -0.39 is 0 Å². The van der Waals surface area contributed by atoms with Gasteiger partial charge in [0.25, 0.3) is 0 Å². The molecule has 0 N–H and O–H groups in total. The first kappa shape index (κ1) is 13.6. The van der Waals surface area contributed by atoms with E-state index in [9.17, 15) is 0 Å². The van der Waals surface area contributed by atoms with Crippen molar-refractivity contribution in [3.8, 4) is 0 Å². The van der Waals surface area contributed by atoms with Crippen LogP contribution in [0.5, 0.6) is 0 Å². The molecule has 0 aliphatic carbocycles. The fraction of sp³-hybridized carbons (Fsp3) is 0.714. The van der Waals surface area contributed by atoms with Crippen molar-refractivity contribution in [3.63, 3.8) is 0 Å². The van der Waals surface area contributed by atoms with Crippen molar-refractivity contribution in [1.29, 1.82) is 0 Å². The van der Waals surface area contributed by atoms with Gasteiger partial charge in [-0.15, -0.1) is 0 Å². The zero-order valence-corrected chi connectivity index (χ0v) is 9.68. The maximum atomic E-state index is 5.27. The molecule has 2 nitrogen and oxygen atoms in total. The Kier molecular flexibility index (Phi) is 9.14. The van der Waals surface area contributed by atoms with E-state index in [1.54, 1.807) is 0 Å². The van der Waals surface area contributed by atoms with Crippen molar-refractivity contribution in [3.05, 3.63) is 14.5 Å². The van der Waals surface area contributed by atoms with Crippen LogP contribution >= 0.6 is 0 Å². The Balaban J connectivity index is 0. The van der Waals surface area contributed by atoms with E-state index in [-0.39, 0.29) is 40.1 Å². The second kappa shape index (κ2) is 6.72. The van der Waals surface area contributed by atoms with E-state index in [1.165, 1.54) is 0 Å². The van der Waals surface area contributed by atoms with E-state index in [0.717, 1.165) is 19.7 Å². The average molecular weight is 218 g/mol. The van der Waals surface area contributed by atoms with Crippen LogP contribution in [-0.4, -0.2) is 30.7 Å². The van der Waals surface area contributed by atoms with Gasteiger partial charge in [0.1, 0.15) is 0 Å². The number of rotatable bonds is 2. The van der Waals surface area contributed by atoms with Crippen molar-refractivity contribution < 1.29 is 37.4 Å². The van der Waals surface area contributed by atoms with Crippen LogP contribution in [-0.2, 0) is 37.4 Å². The van der Waals surface area contributed by atoms with E-state index in [1.807, 2.05) is 11.8 Å². The molecule has 59 valence electrons. The van der Waals surface area contributed by atoms with Crippen LogP contribution < -0.4 is 0 Å². The molecular formula is C7H15NOY-2. The third kappa shape index (κ3) is 4.02. The van der Waals surface area contributed by atoms with Crippen LogP contribution in [0.15, 0.2) is 0 Å². The summed E-state index contributed by atoms with van der Waals surface area (Å²) in [4.78, 5) is 2.00. The Labute approximate surface area is 89.2 Å². The maximum absolute atomic E-state index is 5.27. The molecular weight excluding hydrogens is 203 g/mol. The van der Waals surface area contributed by atoms with Crippen LogP contribution in [0.25, 0.3) is 0 Å². The van der Waals surface area contributed by atoms with Gasteiger partial charge in [0.2, 0.25) is 0 Å². The quantitative estimate of drug-likeness (QED) is 0.640. The third-order valence-corrected chi connectivity index (χ3v) is 1.33. The van der Waals surface area contributed by atoms with Gasteiger partial charge in [-0.05, 0) is 20.0 Å². The van der Waals surface area contributed by atoms with Gasteiger partial charge in [-0.25, -0.2) is 0 Å². The van der Waals surface area contributed by atoms with Gasteiger partial charge in [0.15, 0.2) is 0 Å². The molecule has 0 saturated carbocycles. The number of hydrogen-bond acceptors (Lipinski definition) is 2. The summed E-state index contributed by atoms with van der Waals surface area (Å²) >= 11 is 0. The Morgan fingerprint density at radius 1 is 1.60 bits per heavy atom. The van der Waals surface area contributed by atoms with Gasteiger partial charge in [-0.1, -0.05) is 0 Å². The molecule has 0 amide bonds. The molecule has 0 aromatic carbocycles. The molecule has 1 radical (unpaired) electrons. The monoisotopic (exact) mass is 218 g/mol. The Hall–Kier alpha value is 1.02. The molecule has 0 spiro atoms. The molecule has 0 unspecified atom stereocenters. The van der Waals surface area contributed by atoms with Crippen LogP contribution in [0.3, 0.4) is 0 Å². The van der Waals surface area contributed by atoms with Crippen molar-refractivity contribution >= 4 is 0 Å². The summed E-state index contributed by atoms with van der Waals surface area (Å²) in [7, 11) is 3.73. The fourth-order valence-electron chi connectivity index (χ4n) is 0.864. The summed E-state index contributed by atoms with van der Waals surface area (Å²) in [6.45, 7) is 4.87. The van der Waals surface area contributed by atoms with Gasteiger partial charge in [0.05, 0.1) is 6.10 Å². The molecule has 10 heavy (non-hydrogen) atoms. The molecule has 1 aliphatic heterocycles. The Morgan fingerprint density at radius 2 is 2.10 bits per heavy atom. The van der Waals surface area contributed by atoms with Crippen LogP contribution in [0, 0.1) is 14.5 Å². The van der Waals surface area contributed by atoms with Crippen molar-refractivity contribution in [2.75, 3.05) is 19.7 Å². The zero-order chi connectivity index (χ0) is 5.98. The van der Waals surface area contributed by atoms with Crippen LogP contribution in [0.4, 0.5) is 0 Å². The Morgan fingerprint density at radius 3 is 2.40 bits per heavy atom. The van der Waals surface area contributed by atoms with Gasteiger partial charge >= 0.3 is 0 Å². The SMILES string of the molecule is [CH2-]N1CC(OCC)C1.[CH3-].[Y]. The van der Waals surface area contributed by atoms with Crippen LogP contribution in [0.1, 0.15) is 6.92 Å². The fourth-order valence-corrected chi connectivity index (χ4v) is 0.864. The molecule has 0 aromatic heterocycles. The molecule has 1 fully saturated rings. The second-order valence-corrected chi connectivity index (χ2v) is 2.11. The van der Waals surface area contributed by atoms with Crippen molar-refractivity contribution in [1.82, 2.24) is 4.90 Å². The second-order valence-electron chi connectivity index (χ2n) is 2.11. The summed E-state index contributed by atoms with van der Waals surface area (Å²) in [5, 5.41) is 0. The number of ether oxygens (including phenoxy) is 1. The number of nitrogens with zero attached hydrogens (tertiary/aromatic N) is 1. The van der Waals surface area contributed by atoms with Crippen molar-refractivity contribution in [2.24, 2.45) is 0 Å². The molecule has 1 aliphatic rings. The summed E-state index contributed by atoms with van der Waals surface area (Å²) in [6.07, 6.45) is 0.470. The first-order valence-corrected chi connectivity index (χ1v) is 3.00. The normalized spacial score (nSPS) is 18.6. The molecule has 1 rings (SSSR count). The van der Waals surface area contributed by atoms with E-state index in [4.69, 9.17) is 4.74 Å². The number of hydrogen-bond donors (Lipinski definition) is 0. The topological polar surface area (TPSA) is 12.5 Å². The summed E-state index contributed by atoms with van der Waals surface area (Å²) in [6, 6.07) is 0. The minimum Gasteiger partial charge on any atom is -0.455 e. The molecule has 1 heterocycles. The van der Waals surface area contributed by atoms with E-state index in [0.29, 0.717) is 6.10 Å². The summed E-state index contributed by atoms with van der Waals surface area (Å²) < 4.78 is 5.27.